The Morgan fingerprint density at radius 2 is 2.26 bits per heavy atom. The third-order valence-corrected chi connectivity index (χ3v) is 3.99. The van der Waals surface area contributed by atoms with Gasteiger partial charge in [-0.3, -0.25) is 4.79 Å². The van der Waals surface area contributed by atoms with Crippen molar-refractivity contribution >= 4 is 23.2 Å². The Morgan fingerprint density at radius 1 is 1.47 bits per heavy atom. The van der Waals surface area contributed by atoms with Crippen LogP contribution in [0.5, 0.6) is 0 Å². The molecular formula is C15H21ClN2O. The zero-order valence-electron chi connectivity index (χ0n) is 11.4. The molecule has 1 saturated heterocycles. The number of benzene rings is 1. The van der Waals surface area contributed by atoms with Gasteiger partial charge in [-0.15, -0.1) is 0 Å². The number of anilines is 1. The van der Waals surface area contributed by atoms with Crippen LogP contribution in [0.3, 0.4) is 0 Å². The molecule has 1 aromatic rings. The first kappa shape index (κ1) is 14.2. The lowest BCUT2D eigenvalue weighted by Gasteiger charge is -2.36. The molecule has 3 nitrogen and oxygen atoms in total. The van der Waals surface area contributed by atoms with Gasteiger partial charge < -0.3 is 10.6 Å². The number of nitrogen functional groups attached to an aromatic ring is 1. The highest BCUT2D eigenvalue weighted by molar-refractivity contribution is 6.31. The Kier molecular flexibility index (Phi) is 4.70. The van der Waals surface area contributed by atoms with Gasteiger partial charge in [0.15, 0.2) is 0 Å². The summed E-state index contributed by atoms with van der Waals surface area (Å²) in [7, 11) is 0. The largest absolute Gasteiger partial charge is 0.398 e. The molecule has 0 aliphatic carbocycles. The Balaban J connectivity index is 2.23. The minimum Gasteiger partial charge on any atom is -0.398 e. The van der Waals surface area contributed by atoms with E-state index in [9.17, 15) is 4.79 Å². The van der Waals surface area contributed by atoms with Crippen LogP contribution >= 0.6 is 11.6 Å². The van der Waals surface area contributed by atoms with Crippen molar-refractivity contribution in [2.24, 2.45) is 0 Å². The zero-order chi connectivity index (χ0) is 13.8. The maximum absolute atomic E-state index is 12.6. The molecule has 1 aromatic carbocycles. The monoisotopic (exact) mass is 280 g/mol. The molecule has 1 aliphatic heterocycles. The molecule has 104 valence electrons. The Labute approximate surface area is 119 Å². The molecule has 4 heteroatoms. The van der Waals surface area contributed by atoms with Gasteiger partial charge in [0.1, 0.15) is 0 Å². The molecule has 1 heterocycles. The van der Waals surface area contributed by atoms with Crippen LogP contribution in [0.1, 0.15) is 49.4 Å². The predicted molar refractivity (Wildman–Crippen MR) is 79.4 cm³/mol. The van der Waals surface area contributed by atoms with Crippen LogP contribution in [0.2, 0.25) is 5.02 Å². The SMILES string of the molecule is CCCC1CCCCN1C(=O)c1cc(Cl)ccc1N. The quantitative estimate of drug-likeness (QED) is 0.858. The molecule has 1 atom stereocenters. The van der Waals surface area contributed by atoms with Gasteiger partial charge in [0.2, 0.25) is 0 Å². The fraction of sp³-hybridized carbons (Fsp3) is 0.533. The lowest BCUT2D eigenvalue weighted by atomic mass is 9.97. The first-order valence-corrected chi connectivity index (χ1v) is 7.37. The molecule has 0 saturated carbocycles. The fourth-order valence-corrected chi connectivity index (χ4v) is 2.94. The van der Waals surface area contributed by atoms with E-state index in [4.69, 9.17) is 17.3 Å². The van der Waals surface area contributed by atoms with Crippen LogP contribution in [-0.4, -0.2) is 23.4 Å². The molecule has 1 unspecified atom stereocenters. The molecule has 0 spiro atoms. The molecule has 19 heavy (non-hydrogen) atoms. The summed E-state index contributed by atoms with van der Waals surface area (Å²) in [4.78, 5) is 14.6. The number of hydrogen-bond acceptors (Lipinski definition) is 2. The third kappa shape index (κ3) is 3.21. The van der Waals surface area contributed by atoms with Crippen LogP contribution in [0.4, 0.5) is 5.69 Å². The van der Waals surface area contributed by atoms with Gasteiger partial charge in [-0.05, 0) is 43.9 Å². The highest BCUT2D eigenvalue weighted by Crippen LogP contribution is 2.26. The number of halogens is 1. The van der Waals surface area contributed by atoms with Crippen molar-refractivity contribution in [3.05, 3.63) is 28.8 Å². The van der Waals surface area contributed by atoms with Crippen molar-refractivity contribution < 1.29 is 4.79 Å². The van der Waals surface area contributed by atoms with E-state index in [-0.39, 0.29) is 5.91 Å². The molecule has 1 fully saturated rings. The number of hydrogen-bond donors (Lipinski definition) is 1. The van der Waals surface area contributed by atoms with Crippen molar-refractivity contribution in [2.45, 2.75) is 45.1 Å². The van der Waals surface area contributed by atoms with Crippen LogP contribution in [0.25, 0.3) is 0 Å². The van der Waals surface area contributed by atoms with Gasteiger partial charge in [0.25, 0.3) is 5.91 Å². The highest BCUT2D eigenvalue weighted by Gasteiger charge is 2.27. The van der Waals surface area contributed by atoms with Crippen molar-refractivity contribution in [3.8, 4) is 0 Å². The normalized spacial score (nSPS) is 19.5. The van der Waals surface area contributed by atoms with E-state index >= 15 is 0 Å². The summed E-state index contributed by atoms with van der Waals surface area (Å²) in [6, 6.07) is 5.45. The summed E-state index contributed by atoms with van der Waals surface area (Å²) in [5, 5.41) is 0.557. The molecule has 1 amide bonds. The zero-order valence-corrected chi connectivity index (χ0v) is 12.1. The minimum atomic E-state index is 0.0261. The second-order valence-corrected chi connectivity index (χ2v) is 5.60. The predicted octanol–water partition coefficient (Wildman–Crippen LogP) is 3.72. The van der Waals surface area contributed by atoms with Gasteiger partial charge in [0.05, 0.1) is 5.56 Å². The van der Waals surface area contributed by atoms with E-state index in [1.54, 1.807) is 18.2 Å². The number of amides is 1. The van der Waals surface area contributed by atoms with Gasteiger partial charge in [0, 0.05) is 23.3 Å². The van der Waals surface area contributed by atoms with Crippen LogP contribution in [0, 0.1) is 0 Å². The first-order valence-electron chi connectivity index (χ1n) is 6.99. The second-order valence-electron chi connectivity index (χ2n) is 5.17. The molecule has 2 rings (SSSR count). The summed E-state index contributed by atoms with van der Waals surface area (Å²) in [5.74, 6) is 0.0261. The van der Waals surface area contributed by atoms with E-state index in [1.165, 1.54) is 6.42 Å². The van der Waals surface area contributed by atoms with Crippen molar-refractivity contribution in [1.82, 2.24) is 4.90 Å². The van der Waals surface area contributed by atoms with E-state index in [0.29, 0.717) is 22.3 Å². The van der Waals surface area contributed by atoms with Crippen LogP contribution in [-0.2, 0) is 0 Å². The van der Waals surface area contributed by atoms with E-state index < -0.39 is 0 Å². The molecule has 0 radical (unpaired) electrons. The molecular weight excluding hydrogens is 260 g/mol. The molecule has 0 aromatic heterocycles. The van der Waals surface area contributed by atoms with Gasteiger partial charge in [-0.2, -0.15) is 0 Å². The maximum atomic E-state index is 12.6. The fourth-order valence-electron chi connectivity index (χ4n) is 2.77. The Hall–Kier alpha value is -1.22. The van der Waals surface area contributed by atoms with Crippen molar-refractivity contribution in [2.75, 3.05) is 12.3 Å². The number of carbonyl (C=O) groups excluding carboxylic acids is 1. The minimum absolute atomic E-state index is 0.0261. The van der Waals surface area contributed by atoms with Crippen molar-refractivity contribution in [3.63, 3.8) is 0 Å². The van der Waals surface area contributed by atoms with Gasteiger partial charge in [-0.1, -0.05) is 24.9 Å². The van der Waals surface area contributed by atoms with Crippen LogP contribution < -0.4 is 5.73 Å². The third-order valence-electron chi connectivity index (χ3n) is 3.76. The standard InChI is InChI=1S/C15H21ClN2O/c1-2-5-12-6-3-4-9-18(12)15(19)13-10-11(16)7-8-14(13)17/h7-8,10,12H,2-6,9,17H2,1H3. The van der Waals surface area contributed by atoms with Crippen molar-refractivity contribution in [1.29, 1.82) is 0 Å². The number of nitrogens with zero attached hydrogens (tertiary/aromatic N) is 1. The number of likely N-dealkylation sites (tertiary alicyclic amines) is 1. The average molecular weight is 281 g/mol. The smallest absolute Gasteiger partial charge is 0.256 e. The molecule has 2 N–H and O–H groups in total. The van der Waals surface area contributed by atoms with Gasteiger partial charge >= 0.3 is 0 Å². The average Bonchev–Trinajstić information content (AvgIpc) is 2.42. The lowest BCUT2D eigenvalue weighted by Crippen LogP contribution is -2.43. The Morgan fingerprint density at radius 3 is 3.00 bits per heavy atom. The molecule has 1 aliphatic rings. The van der Waals surface area contributed by atoms with E-state index in [1.807, 2.05) is 4.90 Å². The summed E-state index contributed by atoms with van der Waals surface area (Å²) < 4.78 is 0. The summed E-state index contributed by atoms with van der Waals surface area (Å²) in [5.41, 5.74) is 6.96. The second kappa shape index (κ2) is 6.29. The summed E-state index contributed by atoms with van der Waals surface area (Å²) >= 11 is 5.97. The topological polar surface area (TPSA) is 46.3 Å². The first-order chi connectivity index (χ1) is 9.13. The van der Waals surface area contributed by atoms with Crippen LogP contribution in [0.15, 0.2) is 18.2 Å². The maximum Gasteiger partial charge on any atom is 0.256 e. The number of rotatable bonds is 3. The number of piperidine rings is 1. The number of carbonyl (C=O) groups is 1. The summed E-state index contributed by atoms with van der Waals surface area (Å²) in [6.07, 6.45) is 5.54. The van der Waals surface area contributed by atoms with E-state index in [0.717, 1.165) is 32.2 Å². The lowest BCUT2D eigenvalue weighted by molar-refractivity contribution is 0.0602. The Bertz CT molecular complexity index is 459. The number of nitrogens with two attached hydrogens (primary N) is 1. The summed E-state index contributed by atoms with van der Waals surface area (Å²) in [6.45, 7) is 2.99. The van der Waals surface area contributed by atoms with Gasteiger partial charge in [-0.25, -0.2) is 0 Å². The van der Waals surface area contributed by atoms with E-state index in [2.05, 4.69) is 6.92 Å². The highest BCUT2D eigenvalue weighted by atomic mass is 35.5. The molecule has 0 bridgehead atoms.